The van der Waals surface area contributed by atoms with E-state index in [4.69, 9.17) is 4.74 Å². The standard InChI is InChI=1S/C18H21N3O4S/c1-25-17-13-15(20-18(22)19-14-7-3-2-4-8-14)9-10-16(17)21-11-5-6-12-26(21,23)24/h2-4,7-10,13H,5-6,11-12H2,1H3,(H2,19,20,22). The zero-order chi connectivity index (χ0) is 18.6. The number of hydrogen-bond donors (Lipinski definition) is 2. The molecule has 138 valence electrons. The van der Waals surface area contributed by atoms with Gasteiger partial charge in [-0.2, -0.15) is 0 Å². The van der Waals surface area contributed by atoms with Gasteiger partial charge in [0, 0.05) is 24.0 Å². The minimum Gasteiger partial charge on any atom is -0.494 e. The van der Waals surface area contributed by atoms with Crippen molar-refractivity contribution in [2.75, 3.05) is 34.3 Å². The van der Waals surface area contributed by atoms with Crippen molar-refractivity contribution in [3.63, 3.8) is 0 Å². The normalized spacial score (nSPS) is 16.0. The first-order valence-corrected chi connectivity index (χ1v) is 9.92. The summed E-state index contributed by atoms with van der Waals surface area (Å²) in [4.78, 5) is 12.1. The third-order valence-corrected chi connectivity index (χ3v) is 5.94. The number of anilines is 3. The lowest BCUT2D eigenvalue weighted by atomic mass is 10.2. The smallest absolute Gasteiger partial charge is 0.323 e. The van der Waals surface area contributed by atoms with Crippen LogP contribution in [0, 0.1) is 0 Å². The van der Waals surface area contributed by atoms with Gasteiger partial charge in [-0.1, -0.05) is 18.2 Å². The van der Waals surface area contributed by atoms with Gasteiger partial charge in [0.05, 0.1) is 18.6 Å². The van der Waals surface area contributed by atoms with Crippen molar-refractivity contribution >= 4 is 33.1 Å². The molecular weight excluding hydrogens is 354 g/mol. The second-order valence-corrected chi connectivity index (χ2v) is 7.94. The Labute approximate surface area is 153 Å². The molecule has 2 aromatic carbocycles. The van der Waals surface area contributed by atoms with Crippen molar-refractivity contribution in [3.05, 3.63) is 48.5 Å². The molecule has 0 aliphatic carbocycles. The van der Waals surface area contributed by atoms with Crippen molar-refractivity contribution < 1.29 is 17.9 Å². The molecule has 3 rings (SSSR count). The fourth-order valence-electron chi connectivity index (χ4n) is 2.84. The molecular formula is C18H21N3O4S. The summed E-state index contributed by atoms with van der Waals surface area (Å²) >= 11 is 0. The first kappa shape index (κ1) is 18.1. The number of rotatable bonds is 4. The second-order valence-electron chi connectivity index (χ2n) is 5.93. The van der Waals surface area contributed by atoms with E-state index in [1.165, 1.54) is 11.4 Å². The van der Waals surface area contributed by atoms with Gasteiger partial charge in [0.1, 0.15) is 5.75 Å². The number of amides is 2. The molecule has 0 saturated carbocycles. The minimum atomic E-state index is -3.33. The van der Waals surface area contributed by atoms with Gasteiger partial charge in [-0.05, 0) is 37.1 Å². The number of carbonyl (C=O) groups excluding carboxylic acids is 1. The summed E-state index contributed by atoms with van der Waals surface area (Å²) in [5.74, 6) is 0.531. The third kappa shape index (κ3) is 4.08. The predicted octanol–water partition coefficient (Wildman–Crippen LogP) is 3.27. The topological polar surface area (TPSA) is 87.7 Å². The van der Waals surface area contributed by atoms with Crippen LogP contribution in [0.5, 0.6) is 5.75 Å². The summed E-state index contributed by atoms with van der Waals surface area (Å²) in [5, 5.41) is 5.44. The maximum absolute atomic E-state index is 12.3. The van der Waals surface area contributed by atoms with Crippen LogP contribution in [0.25, 0.3) is 0 Å². The number of hydrogen-bond acceptors (Lipinski definition) is 4. The van der Waals surface area contributed by atoms with Crippen molar-refractivity contribution in [1.82, 2.24) is 0 Å². The van der Waals surface area contributed by atoms with Gasteiger partial charge in [-0.25, -0.2) is 13.2 Å². The molecule has 2 amide bonds. The van der Waals surface area contributed by atoms with Crippen LogP contribution >= 0.6 is 0 Å². The van der Waals surface area contributed by atoms with Crippen LogP contribution in [0.2, 0.25) is 0 Å². The largest absolute Gasteiger partial charge is 0.494 e. The molecule has 0 radical (unpaired) electrons. The van der Waals surface area contributed by atoms with Gasteiger partial charge in [0.25, 0.3) is 0 Å². The molecule has 1 saturated heterocycles. The van der Waals surface area contributed by atoms with E-state index in [-0.39, 0.29) is 5.75 Å². The highest BCUT2D eigenvalue weighted by Crippen LogP contribution is 2.34. The number of benzene rings is 2. The highest BCUT2D eigenvalue weighted by atomic mass is 32.2. The van der Waals surface area contributed by atoms with Crippen LogP contribution in [0.4, 0.5) is 21.9 Å². The Morgan fingerprint density at radius 3 is 2.46 bits per heavy atom. The van der Waals surface area contributed by atoms with Gasteiger partial charge >= 0.3 is 6.03 Å². The zero-order valence-electron chi connectivity index (χ0n) is 14.4. The van der Waals surface area contributed by atoms with Crippen LogP contribution in [-0.2, 0) is 10.0 Å². The molecule has 2 aromatic rings. The maximum atomic E-state index is 12.3. The highest BCUT2D eigenvalue weighted by Gasteiger charge is 2.28. The summed E-state index contributed by atoms with van der Waals surface area (Å²) in [5.41, 5.74) is 1.67. The fourth-order valence-corrected chi connectivity index (χ4v) is 4.48. The number of methoxy groups -OCH3 is 1. The Morgan fingerprint density at radius 1 is 1.04 bits per heavy atom. The lowest BCUT2D eigenvalue weighted by Gasteiger charge is -2.29. The summed E-state index contributed by atoms with van der Waals surface area (Å²) in [6.07, 6.45) is 1.47. The molecule has 1 fully saturated rings. The number of nitrogens with zero attached hydrogens (tertiary/aromatic N) is 1. The van der Waals surface area contributed by atoms with Gasteiger partial charge in [-0.3, -0.25) is 4.31 Å². The molecule has 2 N–H and O–H groups in total. The molecule has 1 aliphatic heterocycles. The molecule has 1 heterocycles. The van der Waals surface area contributed by atoms with E-state index in [0.717, 1.165) is 6.42 Å². The maximum Gasteiger partial charge on any atom is 0.323 e. The number of urea groups is 1. The SMILES string of the molecule is COc1cc(NC(=O)Nc2ccccc2)ccc1N1CCCCS1(=O)=O. The van der Waals surface area contributed by atoms with E-state index in [1.807, 2.05) is 18.2 Å². The molecule has 1 aliphatic rings. The van der Waals surface area contributed by atoms with Crippen LogP contribution in [0.15, 0.2) is 48.5 Å². The lowest BCUT2D eigenvalue weighted by Crippen LogP contribution is -2.38. The molecule has 8 heteroatoms. The first-order chi connectivity index (χ1) is 12.5. The highest BCUT2D eigenvalue weighted by molar-refractivity contribution is 7.92. The molecule has 0 bridgehead atoms. The molecule has 0 spiro atoms. The van der Waals surface area contributed by atoms with Gasteiger partial charge in [0.2, 0.25) is 10.0 Å². The Hall–Kier alpha value is -2.74. The van der Waals surface area contributed by atoms with Crippen molar-refractivity contribution in [2.24, 2.45) is 0 Å². The molecule has 0 aromatic heterocycles. The Morgan fingerprint density at radius 2 is 1.77 bits per heavy atom. The number of sulfonamides is 1. The van der Waals surface area contributed by atoms with E-state index in [1.54, 1.807) is 30.3 Å². The van der Waals surface area contributed by atoms with Crippen molar-refractivity contribution in [1.29, 1.82) is 0 Å². The van der Waals surface area contributed by atoms with Crippen molar-refractivity contribution in [2.45, 2.75) is 12.8 Å². The number of carbonyl (C=O) groups is 1. The molecule has 26 heavy (non-hydrogen) atoms. The third-order valence-electron chi connectivity index (χ3n) is 4.09. The van der Waals surface area contributed by atoms with Gasteiger partial charge in [0.15, 0.2) is 0 Å². The average Bonchev–Trinajstić information content (AvgIpc) is 2.62. The Kier molecular flexibility index (Phi) is 5.32. The number of nitrogens with one attached hydrogen (secondary N) is 2. The Balaban J connectivity index is 1.77. The quantitative estimate of drug-likeness (QED) is 0.858. The predicted molar refractivity (Wildman–Crippen MR) is 102 cm³/mol. The van der Waals surface area contributed by atoms with Gasteiger partial charge in [-0.15, -0.1) is 0 Å². The molecule has 0 unspecified atom stereocenters. The molecule has 0 atom stereocenters. The van der Waals surface area contributed by atoms with E-state index in [9.17, 15) is 13.2 Å². The Bertz CT molecular complexity index is 885. The monoisotopic (exact) mass is 375 g/mol. The fraction of sp³-hybridized carbons (Fsp3) is 0.278. The van der Waals surface area contributed by atoms with Crippen LogP contribution in [-0.4, -0.2) is 33.9 Å². The zero-order valence-corrected chi connectivity index (χ0v) is 15.3. The van der Waals surface area contributed by atoms with Crippen LogP contribution < -0.4 is 19.7 Å². The summed E-state index contributed by atoms with van der Waals surface area (Å²) in [7, 11) is -1.86. The van der Waals surface area contributed by atoms with Crippen molar-refractivity contribution in [3.8, 4) is 5.75 Å². The average molecular weight is 375 g/mol. The summed E-state index contributed by atoms with van der Waals surface area (Å²) in [6.45, 7) is 0.431. The van der Waals surface area contributed by atoms with Gasteiger partial charge < -0.3 is 15.4 Å². The number of ether oxygens (including phenoxy) is 1. The van der Waals surface area contributed by atoms with E-state index in [0.29, 0.717) is 35.8 Å². The minimum absolute atomic E-state index is 0.135. The van der Waals surface area contributed by atoms with E-state index in [2.05, 4.69) is 10.6 Å². The summed E-state index contributed by atoms with van der Waals surface area (Å²) in [6, 6.07) is 13.6. The summed E-state index contributed by atoms with van der Waals surface area (Å²) < 4.78 is 31.3. The van der Waals surface area contributed by atoms with E-state index < -0.39 is 16.1 Å². The second kappa shape index (κ2) is 7.65. The van der Waals surface area contributed by atoms with Crippen LogP contribution in [0.1, 0.15) is 12.8 Å². The van der Waals surface area contributed by atoms with Crippen LogP contribution in [0.3, 0.4) is 0 Å². The first-order valence-electron chi connectivity index (χ1n) is 8.31. The molecule has 7 nitrogen and oxygen atoms in total. The lowest BCUT2D eigenvalue weighted by molar-refractivity contribution is 0.262. The van der Waals surface area contributed by atoms with E-state index >= 15 is 0 Å². The number of para-hydroxylation sites is 1.